The van der Waals surface area contributed by atoms with Crippen molar-refractivity contribution in [3.8, 4) is 33.4 Å². The fraction of sp³-hybridized carbons (Fsp3) is 0. The first kappa shape index (κ1) is 31.6. The highest BCUT2D eigenvalue weighted by Crippen LogP contribution is 2.46. The second-order valence-corrected chi connectivity index (χ2v) is 15.2. The molecule has 11 aromatic rings. The summed E-state index contributed by atoms with van der Waals surface area (Å²) in [5.74, 6) is 0. The van der Waals surface area contributed by atoms with Crippen LogP contribution in [0.5, 0.6) is 0 Å². The molecular weight excluding hydrogens is 687 g/mol. The summed E-state index contributed by atoms with van der Waals surface area (Å²) in [6.07, 6.45) is 0. The first-order valence-electron chi connectivity index (χ1n) is 18.7. The largest absolute Gasteiger partial charge is 0.455 e. The molecule has 258 valence electrons. The standard InChI is InChI=1S/C52H33NOS/c1-2-12-34(13-3-1)37-15-8-16-38(32-37)35-26-29-40(30-27-35)53(46-22-11-25-49-51(46)44-20-6-7-24-48(44)55-49)41-18-9-17-39(33-41)42-21-10-23-47-50(42)45-31-28-36-14-4-5-19-43(36)52(45)54-47/h1-33H. The lowest BCUT2D eigenvalue weighted by molar-refractivity contribution is 0.673. The zero-order valence-electron chi connectivity index (χ0n) is 29.8. The molecule has 0 saturated heterocycles. The Balaban J connectivity index is 1.08. The molecule has 2 aromatic heterocycles. The minimum Gasteiger partial charge on any atom is -0.455 e. The summed E-state index contributed by atoms with van der Waals surface area (Å²) in [6, 6.07) is 72.2. The van der Waals surface area contributed by atoms with Crippen LogP contribution in [-0.2, 0) is 0 Å². The molecule has 0 amide bonds. The van der Waals surface area contributed by atoms with E-state index in [1.807, 2.05) is 11.3 Å². The van der Waals surface area contributed by atoms with Gasteiger partial charge in [-0.05, 0) is 99.4 Å². The number of nitrogens with zero attached hydrogens (tertiary/aromatic N) is 1. The molecule has 0 atom stereocenters. The van der Waals surface area contributed by atoms with Crippen molar-refractivity contribution in [2.24, 2.45) is 0 Å². The van der Waals surface area contributed by atoms with Crippen LogP contribution in [0, 0.1) is 0 Å². The summed E-state index contributed by atoms with van der Waals surface area (Å²) < 4.78 is 9.16. The van der Waals surface area contributed by atoms with Gasteiger partial charge in [0.2, 0.25) is 0 Å². The monoisotopic (exact) mass is 719 g/mol. The van der Waals surface area contributed by atoms with Crippen LogP contribution in [0.2, 0.25) is 0 Å². The fourth-order valence-corrected chi connectivity index (χ4v) is 9.42. The molecule has 3 heteroatoms. The Morgan fingerprint density at radius 1 is 0.382 bits per heavy atom. The minimum atomic E-state index is 0.896. The van der Waals surface area contributed by atoms with Crippen LogP contribution in [-0.4, -0.2) is 0 Å². The molecule has 0 unspecified atom stereocenters. The molecule has 11 rings (SSSR count). The molecule has 2 heterocycles. The summed E-state index contributed by atoms with van der Waals surface area (Å²) >= 11 is 1.85. The molecule has 0 saturated carbocycles. The first-order chi connectivity index (χ1) is 27.3. The lowest BCUT2D eigenvalue weighted by Gasteiger charge is -2.27. The smallest absolute Gasteiger partial charge is 0.143 e. The summed E-state index contributed by atoms with van der Waals surface area (Å²) in [7, 11) is 0. The van der Waals surface area contributed by atoms with Crippen LogP contribution in [0.25, 0.3) is 86.3 Å². The zero-order valence-corrected chi connectivity index (χ0v) is 30.6. The molecule has 0 N–H and O–H groups in total. The number of benzene rings is 9. The van der Waals surface area contributed by atoms with Crippen LogP contribution in [0.4, 0.5) is 17.1 Å². The van der Waals surface area contributed by atoms with Crippen molar-refractivity contribution in [1.82, 2.24) is 0 Å². The molecule has 0 aliphatic heterocycles. The molecular formula is C52H33NOS. The number of anilines is 3. The van der Waals surface area contributed by atoms with E-state index < -0.39 is 0 Å². The summed E-state index contributed by atoms with van der Waals surface area (Å²) in [5.41, 5.74) is 12.3. The van der Waals surface area contributed by atoms with E-state index in [4.69, 9.17) is 4.42 Å². The van der Waals surface area contributed by atoms with E-state index in [9.17, 15) is 0 Å². The molecule has 0 aliphatic carbocycles. The van der Waals surface area contributed by atoms with Gasteiger partial charge in [-0.3, -0.25) is 0 Å². The van der Waals surface area contributed by atoms with Crippen LogP contribution in [0.3, 0.4) is 0 Å². The van der Waals surface area contributed by atoms with Crippen molar-refractivity contribution in [3.05, 3.63) is 200 Å². The van der Waals surface area contributed by atoms with Gasteiger partial charge in [0.15, 0.2) is 0 Å². The summed E-state index contributed by atoms with van der Waals surface area (Å²) in [5, 5.41) is 7.12. The van der Waals surface area contributed by atoms with E-state index in [0.717, 1.165) is 55.5 Å². The maximum Gasteiger partial charge on any atom is 0.143 e. The average Bonchev–Trinajstić information content (AvgIpc) is 3.84. The maximum atomic E-state index is 6.60. The SMILES string of the molecule is c1ccc(-c2cccc(-c3ccc(N(c4cccc(-c5cccc6oc7c8ccccc8ccc7c56)c4)c4cccc5sc6ccccc6c45)cc3)c2)cc1. The van der Waals surface area contributed by atoms with E-state index in [-0.39, 0.29) is 0 Å². The van der Waals surface area contributed by atoms with Gasteiger partial charge < -0.3 is 9.32 Å². The van der Waals surface area contributed by atoms with Crippen molar-refractivity contribution in [3.63, 3.8) is 0 Å². The highest BCUT2D eigenvalue weighted by Gasteiger charge is 2.20. The normalized spacial score (nSPS) is 11.6. The Hall–Kier alpha value is -6.94. The van der Waals surface area contributed by atoms with Crippen molar-refractivity contribution < 1.29 is 4.42 Å². The van der Waals surface area contributed by atoms with Gasteiger partial charge in [0, 0.05) is 47.7 Å². The third-order valence-corrected chi connectivity index (χ3v) is 12.0. The van der Waals surface area contributed by atoms with Gasteiger partial charge in [-0.25, -0.2) is 0 Å². The molecule has 0 fully saturated rings. The van der Waals surface area contributed by atoms with Gasteiger partial charge in [-0.15, -0.1) is 11.3 Å². The van der Waals surface area contributed by atoms with E-state index in [0.29, 0.717) is 0 Å². The predicted octanol–water partition coefficient (Wildman–Crippen LogP) is 15.6. The molecule has 0 aliphatic rings. The second kappa shape index (κ2) is 12.9. The lowest BCUT2D eigenvalue weighted by atomic mass is 9.97. The van der Waals surface area contributed by atoms with E-state index in [2.05, 4.69) is 205 Å². The molecule has 0 bridgehead atoms. The van der Waals surface area contributed by atoms with E-state index in [1.165, 1.54) is 47.8 Å². The van der Waals surface area contributed by atoms with Crippen LogP contribution >= 0.6 is 11.3 Å². The third-order valence-electron chi connectivity index (χ3n) is 10.9. The Bertz CT molecular complexity index is 3210. The molecule has 2 nitrogen and oxygen atoms in total. The quantitative estimate of drug-likeness (QED) is 0.170. The highest BCUT2D eigenvalue weighted by atomic mass is 32.1. The van der Waals surface area contributed by atoms with Crippen molar-refractivity contribution in [1.29, 1.82) is 0 Å². The minimum absolute atomic E-state index is 0.896. The number of hydrogen-bond acceptors (Lipinski definition) is 3. The summed E-state index contributed by atoms with van der Waals surface area (Å²) in [4.78, 5) is 2.43. The maximum absolute atomic E-state index is 6.60. The number of fused-ring (bicyclic) bond motifs is 8. The van der Waals surface area contributed by atoms with E-state index >= 15 is 0 Å². The number of furan rings is 1. The lowest BCUT2D eigenvalue weighted by Crippen LogP contribution is -2.10. The molecule has 9 aromatic carbocycles. The fourth-order valence-electron chi connectivity index (χ4n) is 8.29. The summed E-state index contributed by atoms with van der Waals surface area (Å²) in [6.45, 7) is 0. The first-order valence-corrected chi connectivity index (χ1v) is 19.5. The van der Waals surface area contributed by atoms with Gasteiger partial charge in [0.05, 0.1) is 5.69 Å². The molecule has 0 spiro atoms. The number of thiophene rings is 1. The topological polar surface area (TPSA) is 16.4 Å². The van der Waals surface area contributed by atoms with Crippen LogP contribution < -0.4 is 4.90 Å². The Kier molecular flexibility index (Phi) is 7.39. The van der Waals surface area contributed by atoms with Crippen molar-refractivity contribution in [2.75, 3.05) is 4.90 Å². The number of hydrogen-bond donors (Lipinski definition) is 0. The van der Waals surface area contributed by atoms with Gasteiger partial charge in [-0.2, -0.15) is 0 Å². The Labute approximate surface area is 322 Å². The van der Waals surface area contributed by atoms with Gasteiger partial charge in [0.1, 0.15) is 11.2 Å². The average molecular weight is 720 g/mol. The van der Waals surface area contributed by atoms with Gasteiger partial charge >= 0.3 is 0 Å². The molecule has 55 heavy (non-hydrogen) atoms. The van der Waals surface area contributed by atoms with Crippen molar-refractivity contribution in [2.45, 2.75) is 0 Å². The van der Waals surface area contributed by atoms with Crippen LogP contribution in [0.15, 0.2) is 205 Å². The van der Waals surface area contributed by atoms with Gasteiger partial charge in [-0.1, -0.05) is 140 Å². The van der Waals surface area contributed by atoms with E-state index in [1.54, 1.807) is 0 Å². The van der Waals surface area contributed by atoms with Crippen molar-refractivity contribution >= 4 is 81.3 Å². The third kappa shape index (κ3) is 5.32. The Morgan fingerprint density at radius 2 is 1.05 bits per heavy atom. The Morgan fingerprint density at radius 3 is 1.93 bits per heavy atom. The van der Waals surface area contributed by atoms with Gasteiger partial charge in [0.25, 0.3) is 0 Å². The predicted molar refractivity (Wildman–Crippen MR) is 235 cm³/mol. The van der Waals surface area contributed by atoms with Crippen LogP contribution in [0.1, 0.15) is 0 Å². The molecule has 0 radical (unpaired) electrons. The highest BCUT2D eigenvalue weighted by molar-refractivity contribution is 7.26. The second-order valence-electron chi connectivity index (χ2n) is 14.1. The number of rotatable bonds is 6. The zero-order chi connectivity index (χ0) is 36.3.